The fourth-order valence-corrected chi connectivity index (χ4v) is 1.71. The number of aliphatic hydroxyl groups excluding tert-OH is 1. The average molecular weight is 248 g/mol. The van der Waals surface area contributed by atoms with Crippen molar-refractivity contribution in [3.8, 4) is 0 Å². The van der Waals surface area contributed by atoms with E-state index in [9.17, 15) is 0 Å². The van der Waals surface area contributed by atoms with Gasteiger partial charge in [0.2, 0.25) is 0 Å². The number of aliphatic hydroxyl groups is 1. The molecule has 1 atom stereocenters. The second kappa shape index (κ2) is 7.17. The van der Waals surface area contributed by atoms with Crippen LogP contribution in [0.1, 0.15) is 39.0 Å². The van der Waals surface area contributed by atoms with E-state index in [0.717, 1.165) is 19.3 Å². The Kier molecular flexibility index (Phi) is 7.62. The first kappa shape index (κ1) is 13.8. The van der Waals surface area contributed by atoms with E-state index in [0.29, 0.717) is 0 Å². The van der Waals surface area contributed by atoms with E-state index < -0.39 is 3.79 Å². The maximum absolute atomic E-state index is 8.96. The van der Waals surface area contributed by atoms with Crippen LogP contribution in [0.4, 0.5) is 0 Å². The normalized spacial score (nSPS) is 14.5. The lowest BCUT2D eigenvalue weighted by atomic mass is 10.0. The van der Waals surface area contributed by atoms with E-state index in [2.05, 4.69) is 6.92 Å². The molecule has 0 spiro atoms. The summed E-state index contributed by atoms with van der Waals surface area (Å²) in [4.78, 5) is 0. The van der Waals surface area contributed by atoms with Gasteiger partial charge in [0.25, 0.3) is 0 Å². The lowest BCUT2D eigenvalue weighted by molar-refractivity contribution is 0.217. The van der Waals surface area contributed by atoms with Gasteiger partial charge >= 0.3 is 0 Å². The molecule has 13 heavy (non-hydrogen) atoms. The van der Waals surface area contributed by atoms with Crippen molar-refractivity contribution >= 4 is 34.8 Å². The first-order chi connectivity index (χ1) is 6.02. The van der Waals surface area contributed by atoms with Crippen molar-refractivity contribution < 1.29 is 5.11 Å². The van der Waals surface area contributed by atoms with Crippen LogP contribution in [0.25, 0.3) is 0 Å². The molecule has 0 rings (SSSR count). The summed E-state index contributed by atoms with van der Waals surface area (Å²) in [5, 5.41) is 8.96. The zero-order chi connectivity index (χ0) is 10.3. The molecule has 0 aromatic heterocycles. The summed E-state index contributed by atoms with van der Waals surface area (Å²) in [6, 6.07) is 0. The van der Waals surface area contributed by atoms with Gasteiger partial charge in [-0.2, -0.15) is 0 Å². The summed E-state index contributed by atoms with van der Waals surface area (Å²) < 4.78 is -1.32. The second-order valence-corrected chi connectivity index (χ2v) is 5.64. The van der Waals surface area contributed by atoms with Crippen molar-refractivity contribution in [2.24, 2.45) is 5.92 Å². The van der Waals surface area contributed by atoms with Gasteiger partial charge < -0.3 is 5.11 Å². The number of hydrogen-bond acceptors (Lipinski definition) is 1. The van der Waals surface area contributed by atoms with Crippen molar-refractivity contribution in [1.82, 2.24) is 0 Å². The van der Waals surface area contributed by atoms with E-state index in [1.807, 2.05) is 0 Å². The SMILES string of the molecule is CCCCCCC(CO)C(Cl)(Cl)Cl. The summed E-state index contributed by atoms with van der Waals surface area (Å²) in [6.07, 6.45) is 5.35. The summed E-state index contributed by atoms with van der Waals surface area (Å²) in [6.45, 7) is 2.10. The van der Waals surface area contributed by atoms with E-state index >= 15 is 0 Å². The van der Waals surface area contributed by atoms with Crippen LogP contribution in [0.2, 0.25) is 0 Å². The van der Waals surface area contributed by atoms with Crippen LogP contribution in [0.5, 0.6) is 0 Å². The zero-order valence-electron chi connectivity index (χ0n) is 7.90. The summed E-state index contributed by atoms with van der Waals surface area (Å²) >= 11 is 17.0. The zero-order valence-corrected chi connectivity index (χ0v) is 10.2. The molecular formula is C9H17Cl3O. The van der Waals surface area contributed by atoms with E-state index in [1.165, 1.54) is 12.8 Å². The molecule has 0 aliphatic heterocycles. The first-order valence-corrected chi connectivity index (χ1v) is 5.83. The standard InChI is InChI=1S/C9H17Cl3O/c1-2-3-4-5-6-8(7-13)9(10,11)12/h8,13H,2-7H2,1H3. The minimum atomic E-state index is -1.32. The lowest BCUT2D eigenvalue weighted by Gasteiger charge is -2.21. The minimum absolute atomic E-state index is 0.0530. The Morgan fingerprint density at radius 1 is 1.15 bits per heavy atom. The summed E-state index contributed by atoms with van der Waals surface area (Å²) in [5.74, 6) is -0.227. The van der Waals surface area contributed by atoms with Crippen molar-refractivity contribution in [3.63, 3.8) is 0 Å². The minimum Gasteiger partial charge on any atom is -0.396 e. The van der Waals surface area contributed by atoms with Crippen molar-refractivity contribution in [3.05, 3.63) is 0 Å². The fourth-order valence-electron chi connectivity index (χ4n) is 1.18. The number of halogens is 3. The second-order valence-electron chi connectivity index (χ2n) is 3.27. The van der Waals surface area contributed by atoms with Gasteiger partial charge in [-0.1, -0.05) is 67.4 Å². The molecule has 4 heteroatoms. The molecule has 0 bridgehead atoms. The number of alkyl halides is 3. The predicted molar refractivity (Wildman–Crippen MR) is 59.6 cm³/mol. The Morgan fingerprint density at radius 3 is 2.15 bits per heavy atom. The number of rotatable bonds is 6. The molecule has 0 fully saturated rings. The molecule has 0 aromatic rings. The van der Waals surface area contributed by atoms with Crippen LogP contribution in [0.15, 0.2) is 0 Å². The predicted octanol–water partition coefficient (Wildman–Crippen LogP) is 3.94. The highest BCUT2D eigenvalue weighted by Crippen LogP contribution is 2.37. The van der Waals surface area contributed by atoms with Crippen LogP contribution in [-0.4, -0.2) is 15.5 Å². The van der Waals surface area contributed by atoms with Crippen molar-refractivity contribution in [1.29, 1.82) is 0 Å². The van der Waals surface area contributed by atoms with Gasteiger partial charge in [-0.15, -0.1) is 0 Å². The van der Waals surface area contributed by atoms with Gasteiger partial charge in [-0.05, 0) is 6.42 Å². The topological polar surface area (TPSA) is 20.2 Å². The lowest BCUT2D eigenvalue weighted by Crippen LogP contribution is -2.22. The molecule has 0 aliphatic rings. The van der Waals surface area contributed by atoms with Gasteiger partial charge in [-0.25, -0.2) is 0 Å². The average Bonchev–Trinajstić information content (AvgIpc) is 2.02. The highest BCUT2D eigenvalue weighted by molar-refractivity contribution is 6.67. The molecule has 0 saturated carbocycles. The summed E-state index contributed by atoms with van der Waals surface area (Å²) in [7, 11) is 0. The first-order valence-electron chi connectivity index (χ1n) is 4.70. The molecule has 1 nitrogen and oxygen atoms in total. The van der Waals surface area contributed by atoms with Crippen molar-refractivity contribution in [2.45, 2.75) is 42.8 Å². The smallest absolute Gasteiger partial charge is 0.195 e. The number of hydrogen-bond donors (Lipinski definition) is 1. The van der Waals surface area contributed by atoms with Gasteiger partial charge in [0.1, 0.15) is 0 Å². The molecule has 1 N–H and O–H groups in total. The van der Waals surface area contributed by atoms with Crippen LogP contribution in [0.3, 0.4) is 0 Å². The molecule has 1 unspecified atom stereocenters. The van der Waals surface area contributed by atoms with Gasteiger partial charge in [0, 0.05) is 12.5 Å². The third-order valence-electron chi connectivity index (χ3n) is 2.09. The highest BCUT2D eigenvalue weighted by Gasteiger charge is 2.31. The number of unbranched alkanes of at least 4 members (excludes halogenated alkanes) is 3. The molecule has 0 aromatic carbocycles. The third-order valence-corrected chi connectivity index (χ3v) is 3.02. The molecule has 0 saturated heterocycles. The Hall–Kier alpha value is 0.830. The Balaban J connectivity index is 3.61. The molecule has 0 heterocycles. The van der Waals surface area contributed by atoms with E-state index in [-0.39, 0.29) is 12.5 Å². The highest BCUT2D eigenvalue weighted by atomic mass is 35.6. The summed E-state index contributed by atoms with van der Waals surface area (Å²) in [5.41, 5.74) is 0. The van der Waals surface area contributed by atoms with Crippen LogP contribution in [0, 0.1) is 5.92 Å². The van der Waals surface area contributed by atoms with Crippen LogP contribution < -0.4 is 0 Å². The molecular weight excluding hydrogens is 230 g/mol. The monoisotopic (exact) mass is 246 g/mol. The van der Waals surface area contributed by atoms with E-state index in [4.69, 9.17) is 39.9 Å². The Bertz CT molecular complexity index is 123. The molecule has 0 radical (unpaired) electrons. The van der Waals surface area contributed by atoms with Crippen LogP contribution in [-0.2, 0) is 0 Å². The molecule has 80 valence electrons. The van der Waals surface area contributed by atoms with Crippen molar-refractivity contribution in [2.75, 3.05) is 6.61 Å². The van der Waals surface area contributed by atoms with Gasteiger partial charge in [0.15, 0.2) is 3.79 Å². The largest absolute Gasteiger partial charge is 0.396 e. The fraction of sp³-hybridized carbons (Fsp3) is 1.00. The van der Waals surface area contributed by atoms with Gasteiger partial charge in [-0.3, -0.25) is 0 Å². The van der Waals surface area contributed by atoms with E-state index in [1.54, 1.807) is 0 Å². The quantitative estimate of drug-likeness (QED) is 0.557. The Morgan fingerprint density at radius 2 is 1.77 bits per heavy atom. The van der Waals surface area contributed by atoms with Crippen LogP contribution >= 0.6 is 34.8 Å². The maximum Gasteiger partial charge on any atom is 0.195 e. The Labute approximate surface area is 95.4 Å². The maximum atomic E-state index is 8.96. The third kappa shape index (κ3) is 6.84. The molecule has 0 aliphatic carbocycles. The van der Waals surface area contributed by atoms with Gasteiger partial charge in [0.05, 0.1) is 0 Å². The molecule has 0 amide bonds.